The Morgan fingerprint density at radius 1 is 1.29 bits per heavy atom. The van der Waals surface area contributed by atoms with E-state index in [9.17, 15) is 8.42 Å². The van der Waals surface area contributed by atoms with Gasteiger partial charge >= 0.3 is 0 Å². The number of sulfone groups is 1. The molecule has 2 rings (SSSR count). The molecule has 1 aromatic heterocycles. The van der Waals surface area contributed by atoms with Crippen molar-refractivity contribution in [2.24, 2.45) is 7.05 Å². The molecule has 4 nitrogen and oxygen atoms in total. The minimum atomic E-state index is -3.16. The minimum absolute atomic E-state index is 0.287. The summed E-state index contributed by atoms with van der Waals surface area (Å²) in [5.74, 6) is 0. The Morgan fingerprint density at radius 2 is 1.93 bits per heavy atom. The molecule has 5 heteroatoms. The topological polar surface area (TPSA) is 52.0 Å². The van der Waals surface area contributed by atoms with Crippen LogP contribution in [0.1, 0.15) is 24.1 Å². The molecule has 0 spiro atoms. The van der Waals surface area contributed by atoms with E-state index in [4.69, 9.17) is 0 Å². The maximum absolute atomic E-state index is 11.4. The Labute approximate surface area is 83.8 Å². The first-order valence-electron chi connectivity index (χ1n) is 4.75. The second kappa shape index (κ2) is 3.08. The molecule has 0 atom stereocenters. The summed E-state index contributed by atoms with van der Waals surface area (Å²) >= 11 is 0. The van der Waals surface area contributed by atoms with E-state index in [1.807, 2.05) is 7.05 Å². The van der Waals surface area contributed by atoms with E-state index in [1.54, 1.807) is 4.68 Å². The summed E-state index contributed by atoms with van der Waals surface area (Å²) in [5, 5.41) is 4.38. The molecule has 0 fully saturated rings. The quantitative estimate of drug-likeness (QED) is 0.691. The number of hydrogen-bond acceptors (Lipinski definition) is 3. The van der Waals surface area contributed by atoms with E-state index in [1.165, 1.54) is 6.26 Å². The van der Waals surface area contributed by atoms with Gasteiger partial charge < -0.3 is 0 Å². The van der Waals surface area contributed by atoms with Crippen LogP contribution in [0.15, 0.2) is 5.03 Å². The van der Waals surface area contributed by atoms with Crippen LogP contribution in [0.3, 0.4) is 0 Å². The third-order valence-corrected chi connectivity index (χ3v) is 3.71. The van der Waals surface area contributed by atoms with Gasteiger partial charge in [0.25, 0.3) is 0 Å². The highest BCUT2D eigenvalue weighted by molar-refractivity contribution is 7.90. The van der Waals surface area contributed by atoms with Crippen LogP contribution in [0.5, 0.6) is 0 Å². The summed E-state index contributed by atoms with van der Waals surface area (Å²) in [5.41, 5.74) is 2.04. The fourth-order valence-corrected chi connectivity index (χ4v) is 2.97. The molecule has 0 bridgehead atoms. The highest BCUT2D eigenvalue weighted by atomic mass is 32.2. The lowest BCUT2D eigenvalue weighted by molar-refractivity contribution is 0.592. The third kappa shape index (κ3) is 1.45. The van der Waals surface area contributed by atoms with Crippen LogP contribution >= 0.6 is 0 Å². The monoisotopic (exact) mass is 214 g/mol. The fourth-order valence-electron chi connectivity index (χ4n) is 2.03. The van der Waals surface area contributed by atoms with Crippen molar-refractivity contribution in [3.63, 3.8) is 0 Å². The predicted octanol–water partition coefficient (Wildman–Crippen LogP) is 0.702. The molecule has 0 radical (unpaired) electrons. The minimum Gasteiger partial charge on any atom is -0.271 e. The molecule has 1 aliphatic carbocycles. The SMILES string of the molecule is Cn1nc(S(C)(=O)=O)c2c1CCCC2. The molecule has 1 aromatic rings. The summed E-state index contributed by atoms with van der Waals surface area (Å²) in [6.07, 6.45) is 5.24. The molecule has 1 heterocycles. The van der Waals surface area contributed by atoms with E-state index in [-0.39, 0.29) is 5.03 Å². The normalized spacial score (nSPS) is 16.7. The van der Waals surface area contributed by atoms with Crippen LogP contribution in [0.4, 0.5) is 0 Å². The number of hydrogen-bond donors (Lipinski definition) is 0. The van der Waals surface area contributed by atoms with E-state index < -0.39 is 9.84 Å². The second-order valence-corrected chi connectivity index (χ2v) is 5.76. The van der Waals surface area contributed by atoms with Crippen molar-refractivity contribution in [2.45, 2.75) is 30.7 Å². The summed E-state index contributed by atoms with van der Waals surface area (Å²) < 4.78 is 24.6. The van der Waals surface area contributed by atoms with E-state index in [2.05, 4.69) is 5.10 Å². The number of aromatic nitrogens is 2. The molecular formula is C9H14N2O2S. The Balaban J connectivity index is 2.64. The highest BCUT2D eigenvalue weighted by Gasteiger charge is 2.24. The van der Waals surface area contributed by atoms with Gasteiger partial charge in [0.05, 0.1) is 0 Å². The van der Waals surface area contributed by atoms with Crippen molar-refractivity contribution in [1.29, 1.82) is 0 Å². The van der Waals surface area contributed by atoms with Gasteiger partial charge in [-0.1, -0.05) is 0 Å². The van der Waals surface area contributed by atoms with Crippen molar-refractivity contribution in [1.82, 2.24) is 9.78 Å². The predicted molar refractivity (Wildman–Crippen MR) is 53.0 cm³/mol. The zero-order valence-electron chi connectivity index (χ0n) is 8.45. The van der Waals surface area contributed by atoms with Crippen molar-refractivity contribution >= 4 is 9.84 Å². The second-order valence-electron chi connectivity index (χ2n) is 3.83. The standard InChI is InChI=1S/C9H14N2O2S/c1-11-8-6-4-3-5-7(8)9(10-11)14(2,12)13/h3-6H2,1-2H3. The molecule has 0 amide bonds. The molecule has 0 saturated heterocycles. The summed E-state index contributed by atoms with van der Waals surface area (Å²) in [7, 11) is -1.34. The number of fused-ring (bicyclic) bond motifs is 1. The molecule has 0 aromatic carbocycles. The summed E-state index contributed by atoms with van der Waals surface area (Å²) in [6, 6.07) is 0. The van der Waals surface area contributed by atoms with Crippen LogP contribution in [-0.4, -0.2) is 24.5 Å². The highest BCUT2D eigenvalue weighted by Crippen LogP contribution is 2.26. The van der Waals surface area contributed by atoms with Crippen LogP contribution in [-0.2, 0) is 29.7 Å². The molecule has 0 aliphatic heterocycles. The van der Waals surface area contributed by atoms with Crippen LogP contribution in [0.2, 0.25) is 0 Å². The average molecular weight is 214 g/mol. The Morgan fingerprint density at radius 3 is 2.57 bits per heavy atom. The van der Waals surface area contributed by atoms with E-state index >= 15 is 0 Å². The molecule has 0 N–H and O–H groups in total. The average Bonchev–Trinajstić information content (AvgIpc) is 2.44. The lowest BCUT2D eigenvalue weighted by Gasteiger charge is -2.11. The largest absolute Gasteiger partial charge is 0.271 e. The van der Waals surface area contributed by atoms with Gasteiger partial charge in [-0.2, -0.15) is 5.10 Å². The van der Waals surface area contributed by atoms with Gasteiger partial charge in [-0.25, -0.2) is 8.42 Å². The van der Waals surface area contributed by atoms with Gasteiger partial charge in [-0.05, 0) is 25.7 Å². The van der Waals surface area contributed by atoms with Crippen LogP contribution < -0.4 is 0 Å². The fraction of sp³-hybridized carbons (Fsp3) is 0.667. The van der Waals surface area contributed by atoms with Crippen molar-refractivity contribution in [2.75, 3.05) is 6.26 Å². The smallest absolute Gasteiger partial charge is 0.194 e. The summed E-state index contributed by atoms with van der Waals surface area (Å²) in [6.45, 7) is 0. The number of aryl methyl sites for hydroxylation is 1. The van der Waals surface area contributed by atoms with Crippen molar-refractivity contribution in [3.8, 4) is 0 Å². The van der Waals surface area contributed by atoms with Crippen molar-refractivity contribution < 1.29 is 8.42 Å². The maximum Gasteiger partial charge on any atom is 0.194 e. The van der Waals surface area contributed by atoms with E-state index in [0.29, 0.717) is 0 Å². The first-order valence-corrected chi connectivity index (χ1v) is 6.64. The lowest BCUT2D eigenvalue weighted by Crippen LogP contribution is -2.07. The van der Waals surface area contributed by atoms with Gasteiger partial charge in [0.1, 0.15) is 0 Å². The number of rotatable bonds is 1. The number of nitrogens with zero attached hydrogens (tertiary/aromatic N) is 2. The molecule has 0 unspecified atom stereocenters. The van der Waals surface area contributed by atoms with Gasteiger partial charge in [0.15, 0.2) is 14.9 Å². The zero-order chi connectivity index (χ0) is 10.3. The molecule has 78 valence electrons. The van der Waals surface area contributed by atoms with Crippen molar-refractivity contribution in [3.05, 3.63) is 11.3 Å². The van der Waals surface area contributed by atoms with Gasteiger partial charge in [-0.15, -0.1) is 0 Å². The third-order valence-electron chi connectivity index (χ3n) is 2.68. The molecule has 1 aliphatic rings. The maximum atomic E-state index is 11.4. The van der Waals surface area contributed by atoms with Crippen LogP contribution in [0.25, 0.3) is 0 Å². The molecular weight excluding hydrogens is 200 g/mol. The Hall–Kier alpha value is -0.840. The molecule has 14 heavy (non-hydrogen) atoms. The van der Waals surface area contributed by atoms with Crippen LogP contribution in [0, 0.1) is 0 Å². The zero-order valence-corrected chi connectivity index (χ0v) is 9.26. The van der Waals surface area contributed by atoms with Gasteiger partial charge in [0.2, 0.25) is 0 Å². The van der Waals surface area contributed by atoms with E-state index in [0.717, 1.165) is 36.9 Å². The first kappa shape index (κ1) is 9.71. The van der Waals surface area contributed by atoms with Gasteiger partial charge in [0, 0.05) is 24.6 Å². The summed E-state index contributed by atoms with van der Waals surface area (Å²) in [4.78, 5) is 0. The van der Waals surface area contributed by atoms with Gasteiger partial charge in [-0.3, -0.25) is 4.68 Å². The Bertz CT molecular complexity index is 459. The Kier molecular flexibility index (Phi) is 2.14. The first-order chi connectivity index (χ1) is 6.50. The molecule has 0 saturated carbocycles. The lowest BCUT2D eigenvalue weighted by atomic mass is 9.98.